The lowest BCUT2D eigenvalue weighted by molar-refractivity contribution is -0.385. The molecule has 2 aliphatic heterocycles. The molecule has 0 aliphatic carbocycles. The SMILES string of the molecule is CC1CC2CNCC2N1C(=O)c1cc(Cl)ncc1[N+](=O)[O-]. The van der Waals surface area contributed by atoms with Gasteiger partial charge in [-0.05, 0) is 25.3 Å². The van der Waals surface area contributed by atoms with E-state index < -0.39 is 4.92 Å². The highest BCUT2D eigenvalue weighted by atomic mass is 35.5. The van der Waals surface area contributed by atoms with Crippen molar-refractivity contribution in [2.75, 3.05) is 13.1 Å². The smallest absolute Gasteiger partial charge is 0.300 e. The minimum atomic E-state index is -0.596. The first-order valence-electron chi connectivity index (χ1n) is 6.82. The molecule has 3 atom stereocenters. The summed E-state index contributed by atoms with van der Waals surface area (Å²) in [6, 6.07) is 1.45. The van der Waals surface area contributed by atoms with Crippen LogP contribution in [0, 0.1) is 16.0 Å². The van der Waals surface area contributed by atoms with Crippen LogP contribution in [0.4, 0.5) is 5.69 Å². The van der Waals surface area contributed by atoms with Crippen molar-refractivity contribution in [3.63, 3.8) is 0 Å². The Morgan fingerprint density at radius 1 is 1.57 bits per heavy atom. The van der Waals surface area contributed by atoms with Gasteiger partial charge in [0.1, 0.15) is 16.9 Å². The van der Waals surface area contributed by atoms with Gasteiger partial charge in [-0.15, -0.1) is 0 Å². The van der Waals surface area contributed by atoms with Gasteiger partial charge in [0.2, 0.25) is 0 Å². The average Bonchev–Trinajstić information content (AvgIpc) is 2.97. The number of carbonyl (C=O) groups excluding carboxylic acids is 1. The molecular weight excluding hydrogens is 296 g/mol. The molecule has 2 saturated heterocycles. The number of fused-ring (bicyclic) bond motifs is 1. The molecule has 0 saturated carbocycles. The van der Waals surface area contributed by atoms with Crippen molar-refractivity contribution < 1.29 is 9.72 Å². The van der Waals surface area contributed by atoms with Crippen molar-refractivity contribution in [3.8, 4) is 0 Å². The number of amides is 1. The molecule has 3 rings (SSSR count). The lowest BCUT2D eigenvalue weighted by Gasteiger charge is -2.27. The maximum atomic E-state index is 12.8. The number of nitrogens with one attached hydrogen (secondary N) is 1. The van der Waals surface area contributed by atoms with Crippen molar-refractivity contribution in [2.24, 2.45) is 5.92 Å². The van der Waals surface area contributed by atoms with Crippen molar-refractivity contribution in [2.45, 2.75) is 25.4 Å². The Labute approximate surface area is 126 Å². The standard InChI is InChI=1S/C13H15ClN4O3/c1-7-2-8-4-15-5-10(8)17(7)13(19)9-3-12(14)16-6-11(9)18(20)21/h3,6-8,10,15H,2,4-5H2,1H3. The number of nitro groups is 1. The van der Waals surface area contributed by atoms with E-state index in [9.17, 15) is 14.9 Å². The van der Waals surface area contributed by atoms with Gasteiger partial charge in [0.15, 0.2) is 0 Å². The van der Waals surface area contributed by atoms with E-state index in [1.165, 1.54) is 6.07 Å². The third-order valence-corrected chi connectivity index (χ3v) is 4.50. The number of nitrogens with zero attached hydrogens (tertiary/aromatic N) is 3. The quantitative estimate of drug-likeness (QED) is 0.507. The Bertz CT molecular complexity index is 609. The first kappa shape index (κ1) is 14.2. The van der Waals surface area contributed by atoms with Gasteiger partial charge in [-0.3, -0.25) is 14.9 Å². The van der Waals surface area contributed by atoms with Crippen LogP contribution in [0.25, 0.3) is 0 Å². The van der Waals surface area contributed by atoms with E-state index in [4.69, 9.17) is 11.6 Å². The zero-order chi connectivity index (χ0) is 15.1. The van der Waals surface area contributed by atoms with Crippen molar-refractivity contribution in [1.82, 2.24) is 15.2 Å². The van der Waals surface area contributed by atoms with Gasteiger partial charge in [-0.2, -0.15) is 0 Å². The predicted octanol–water partition coefficient (Wildman–Crippen LogP) is 1.47. The molecular formula is C13H15ClN4O3. The maximum Gasteiger partial charge on any atom is 0.300 e. The minimum Gasteiger partial charge on any atom is -0.331 e. The highest BCUT2D eigenvalue weighted by Crippen LogP contribution is 2.34. The second kappa shape index (κ2) is 5.23. The van der Waals surface area contributed by atoms with Crippen LogP contribution in [0.15, 0.2) is 12.3 Å². The van der Waals surface area contributed by atoms with Gasteiger partial charge in [-0.25, -0.2) is 4.98 Å². The molecule has 0 radical (unpaired) electrons. The summed E-state index contributed by atoms with van der Waals surface area (Å²) in [5.74, 6) is 0.0787. The Hall–Kier alpha value is -1.73. The molecule has 0 spiro atoms. The van der Waals surface area contributed by atoms with E-state index in [-0.39, 0.29) is 34.4 Å². The third kappa shape index (κ3) is 2.36. The number of hydrogen-bond acceptors (Lipinski definition) is 5. The van der Waals surface area contributed by atoms with Crippen LogP contribution in [-0.2, 0) is 0 Å². The lowest BCUT2D eigenvalue weighted by atomic mass is 10.0. The molecule has 1 N–H and O–H groups in total. The minimum absolute atomic E-state index is 0.0133. The van der Waals surface area contributed by atoms with Crippen LogP contribution in [0.3, 0.4) is 0 Å². The van der Waals surface area contributed by atoms with Gasteiger partial charge >= 0.3 is 0 Å². The highest BCUT2D eigenvalue weighted by molar-refractivity contribution is 6.29. The first-order chi connectivity index (χ1) is 9.99. The highest BCUT2D eigenvalue weighted by Gasteiger charge is 2.45. The fourth-order valence-electron chi connectivity index (χ4n) is 3.39. The summed E-state index contributed by atoms with van der Waals surface area (Å²) in [6.07, 6.45) is 1.96. The van der Waals surface area contributed by atoms with E-state index in [0.29, 0.717) is 5.92 Å². The van der Waals surface area contributed by atoms with E-state index in [2.05, 4.69) is 10.3 Å². The Kier molecular flexibility index (Phi) is 3.54. The number of hydrogen-bond donors (Lipinski definition) is 1. The van der Waals surface area contributed by atoms with Crippen molar-refractivity contribution >= 4 is 23.2 Å². The molecule has 21 heavy (non-hydrogen) atoms. The Balaban J connectivity index is 1.98. The van der Waals surface area contributed by atoms with Crippen LogP contribution < -0.4 is 5.32 Å². The van der Waals surface area contributed by atoms with Gasteiger partial charge in [0.05, 0.1) is 4.92 Å². The third-order valence-electron chi connectivity index (χ3n) is 4.29. The molecule has 112 valence electrons. The van der Waals surface area contributed by atoms with Crippen LogP contribution >= 0.6 is 11.6 Å². The van der Waals surface area contributed by atoms with Crippen LogP contribution in [0.2, 0.25) is 5.15 Å². The van der Waals surface area contributed by atoms with E-state index >= 15 is 0 Å². The molecule has 2 fully saturated rings. The molecule has 0 bridgehead atoms. The molecule has 7 nitrogen and oxygen atoms in total. The number of aromatic nitrogens is 1. The second-order valence-corrected chi connectivity index (χ2v) is 5.95. The summed E-state index contributed by atoms with van der Waals surface area (Å²) in [6.45, 7) is 3.59. The van der Waals surface area contributed by atoms with Crippen LogP contribution in [0.1, 0.15) is 23.7 Å². The van der Waals surface area contributed by atoms with Gasteiger partial charge in [0, 0.05) is 25.2 Å². The predicted molar refractivity (Wildman–Crippen MR) is 76.3 cm³/mol. The van der Waals surface area contributed by atoms with Crippen molar-refractivity contribution in [1.29, 1.82) is 0 Å². The molecule has 2 aliphatic rings. The molecule has 3 heterocycles. The topological polar surface area (TPSA) is 88.4 Å². The number of likely N-dealkylation sites (tertiary alicyclic amines) is 1. The van der Waals surface area contributed by atoms with Crippen LogP contribution in [-0.4, -0.2) is 45.9 Å². The Morgan fingerprint density at radius 2 is 2.33 bits per heavy atom. The molecule has 0 aromatic carbocycles. The zero-order valence-corrected chi connectivity index (χ0v) is 12.2. The van der Waals surface area contributed by atoms with Gasteiger partial charge in [0.25, 0.3) is 11.6 Å². The number of carbonyl (C=O) groups is 1. The van der Waals surface area contributed by atoms with Crippen molar-refractivity contribution in [3.05, 3.63) is 33.1 Å². The van der Waals surface area contributed by atoms with E-state index in [1.54, 1.807) is 4.90 Å². The first-order valence-corrected chi connectivity index (χ1v) is 7.20. The lowest BCUT2D eigenvalue weighted by Crippen LogP contribution is -2.43. The number of halogens is 1. The molecule has 1 amide bonds. The second-order valence-electron chi connectivity index (χ2n) is 5.56. The van der Waals surface area contributed by atoms with E-state index in [0.717, 1.165) is 25.7 Å². The Morgan fingerprint density at radius 3 is 3.05 bits per heavy atom. The average molecular weight is 311 g/mol. The molecule has 1 aromatic heterocycles. The summed E-state index contributed by atoms with van der Waals surface area (Å²) in [7, 11) is 0. The zero-order valence-electron chi connectivity index (χ0n) is 11.5. The summed E-state index contributed by atoms with van der Waals surface area (Å²) in [5, 5.41) is 14.4. The van der Waals surface area contributed by atoms with Gasteiger partial charge < -0.3 is 10.2 Å². The fourth-order valence-corrected chi connectivity index (χ4v) is 3.55. The molecule has 1 aromatic rings. The summed E-state index contributed by atoms with van der Waals surface area (Å²) < 4.78 is 0. The normalized spacial score (nSPS) is 27.7. The monoisotopic (exact) mass is 310 g/mol. The van der Waals surface area contributed by atoms with Gasteiger partial charge in [-0.1, -0.05) is 11.6 Å². The summed E-state index contributed by atoms with van der Waals surface area (Å²) in [5.41, 5.74) is -0.287. The molecule has 3 unspecified atom stereocenters. The number of pyridine rings is 1. The number of rotatable bonds is 2. The van der Waals surface area contributed by atoms with Crippen LogP contribution in [0.5, 0.6) is 0 Å². The summed E-state index contributed by atoms with van der Waals surface area (Å²) >= 11 is 5.80. The summed E-state index contributed by atoms with van der Waals surface area (Å²) in [4.78, 5) is 28.7. The molecule has 8 heteroatoms. The largest absolute Gasteiger partial charge is 0.331 e. The van der Waals surface area contributed by atoms with E-state index in [1.807, 2.05) is 6.92 Å². The fraction of sp³-hybridized carbons (Fsp3) is 0.538. The maximum absolute atomic E-state index is 12.8.